The van der Waals surface area contributed by atoms with E-state index in [2.05, 4.69) is 10.8 Å². The summed E-state index contributed by atoms with van der Waals surface area (Å²) >= 11 is 12.2. The highest BCUT2D eigenvalue weighted by Crippen LogP contribution is 2.61. The summed E-state index contributed by atoms with van der Waals surface area (Å²) in [7, 11) is 1.89. The fourth-order valence-corrected chi connectivity index (χ4v) is 3.47. The van der Waals surface area contributed by atoms with Gasteiger partial charge in [0.1, 0.15) is 5.75 Å². The number of benzene rings is 2. The van der Waals surface area contributed by atoms with Gasteiger partial charge in [0.05, 0.1) is 12.3 Å². The zero-order chi connectivity index (χ0) is 17.4. The first kappa shape index (κ1) is 16.7. The van der Waals surface area contributed by atoms with Crippen molar-refractivity contribution in [2.45, 2.75) is 12.0 Å². The molecular weight excluding hydrogens is 359 g/mol. The summed E-state index contributed by atoms with van der Waals surface area (Å²) < 4.78 is 6.36. The van der Waals surface area contributed by atoms with E-state index in [1.54, 1.807) is 0 Å². The minimum absolute atomic E-state index is 0.461. The van der Waals surface area contributed by atoms with E-state index in [0.29, 0.717) is 16.7 Å². The van der Waals surface area contributed by atoms with Crippen LogP contribution in [0.1, 0.15) is 17.5 Å². The molecule has 1 atom stereocenters. The van der Waals surface area contributed by atoms with Gasteiger partial charge in [0.2, 0.25) is 0 Å². The van der Waals surface area contributed by atoms with E-state index in [1.165, 1.54) is 5.57 Å². The van der Waals surface area contributed by atoms with Crippen LogP contribution in [-0.4, -0.2) is 20.2 Å². The van der Waals surface area contributed by atoms with E-state index in [-0.39, 0.29) is 0 Å². The third kappa shape index (κ3) is 3.00. The first-order chi connectivity index (χ1) is 12.1. The SMILES string of the molecule is CNCCONC1=C2CC2(c2ccc(Cl)cc2)Oc2cc(Cl)ccc21. The van der Waals surface area contributed by atoms with Crippen molar-refractivity contribution in [3.63, 3.8) is 0 Å². The number of hydrogen-bond donors (Lipinski definition) is 2. The molecule has 2 aromatic carbocycles. The molecule has 4 nitrogen and oxygen atoms in total. The molecule has 0 aromatic heterocycles. The van der Waals surface area contributed by atoms with Crippen LogP contribution in [0.2, 0.25) is 10.0 Å². The number of likely N-dealkylation sites (N-methyl/N-ethyl adjacent to an activating group) is 1. The third-order valence-corrected chi connectivity index (χ3v) is 5.01. The van der Waals surface area contributed by atoms with Crippen LogP contribution in [-0.2, 0) is 10.4 Å². The molecule has 1 unspecified atom stereocenters. The largest absolute Gasteiger partial charge is 0.477 e. The first-order valence-corrected chi connectivity index (χ1v) is 8.91. The van der Waals surface area contributed by atoms with Crippen LogP contribution < -0.4 is 15.5 Å². The molecule has 6 heteroatoms. The van der Waals surface area contributed by atoms with Gasteiger partial charge in [-0.2, -0.15) is 0 Å². The predicted octanol–water partition coefficient (Wildman–Crippen LogP) is 4.14. The van der Waals surface area contributed by atoms with Crippen LogP contribution in [0.3, 0.4) is 0 Å². The number of hydroxylamine groups is 1. The Morgan fingerprint density at radius 1 is 1.12 bits per heavy atom. The van der Waals surface area contributed by atoms with Crippen molar-refractivity contribution in [3.05, 3.63) is 69.2 Å². The predicted molar refractivity (Wildman–Crippen MR) is 99.8 cm³/mol. The smallest absolute Gasteiger partial charge is 0.162 e. The zero-order valence-corrected chi connectivity index (χ0v) is 15.2. The quantitative estimate of drug-likeness (QED) is 0.587. The van der Waals surface area contributed by atoms with Crippen LogP contribution in [0.5, 0.6) is 5.75 Å². The van der Waals surface area contributed by atoms with Gasteiger partial charge < -0.3 is 10.1 Å². The van der Waals surface area contributed by atoms with Crippen LogP contribution >= 0.6 is 23.2 Å². The Morgan fingerprint density at radius 3 is 2.64 bits per heavy atom. The van der Waals surface area contributed by atoms with E-state index in [4.69, 9.17) is 32.8 Å². The van der Waals surface area contributed by atoms with Crippen LogP contribution in [0.25, 0.3) is 5.70 Å². The Hall–Kier alpha value is -1.72. The molecule has 0 amide bonds. The van der Waals surface area contributed by atoms with E-state index in [9.17, 15) is 0 Å². The molecule has 0 spiro atoms. The van der Waals surface area contributed by atoms with Crippen molar-refractivity contribution in [1.82, 2.24) is 10.8 Å². The summed E-state index contributed by atoms with van der Waals surface area (Å²) in [5, 5.41) is 4.41. The minimum Gasteiger partial charge on any atom is -0.477 e. The zero-order valence-electron chi connectivity index (χ0n) is 13.7. The average Bonchev–Trinajstić information content (AvgIpc) is 3.33. The van der Waals surface area contributed by atoms with Crippen molar-refractivity contribution in [1.29, 1.82) is 0 Å². The monoisotopic (exact) mass is 376 g/mol. The van der Waals surface area contributed by atoms with Gasteiger partial charge in [-0.25, -0.2) is 0 Å². The standard InChI is InChI=1S/C19H18Cl2N2O2/c1-22-8-9-24-23-18-15-7-6-14(21)10-17(15)25-19(11-16(18)19)12-2-4-13(20)5-3-12/h2-7,10,22-23H,8-9,11H2,1H3. The average molecular weight is 377 g/mol. The second-order valence-electron chi connectivity index (χ2n) is 6.16. The molecule has 0 saturated heterocycles. The fraction of sp³-hybridized carbons (Fsp3) is 0.263. The number of nitrogens with one attached hydrogen (secondary N) is 2. The van der Waals surface area contributed by atoms with Gasteiger partial charge in [-0.1, -0.05) is 35.3 Å². The molecule has 1 aliphatic heterocycles. The Labute approximate surface area is 156 Å². The van der Waals surface area contributed by atoms with Crippen LogP contribution in [0.15, 0.2) is 48.0 Å². The lowest BCUT2D eigenvalue weighted by molar-refractivity contribution is 0.0794. The molecule has 1 heterocycles. The maximum Gasteiger partial charge on any atom is 0.162 e. The Kier molecular flexibility index (Phi) is 4.38. The molecule has 0 radical (unpaired) electrons. The molecule has 2 N–H and O–H groups in total. The molecule has 1 aliphatic carbocycles. The van der Waals surface area contributed by atoms with E-state index < -0.39 is 5.60 Å². The summed E-state index contributed by atoms with van der Waals surface area (Å²) in [6, 6.07) is 13.4. The van der Waals surface area contributed by atoms with Crippen LogP contribution in [0, 0.1) is 0 Å². The molecule has 25 heavy (non-hydrogen) atoms. The lowest BCUT2D eigenvalue weighted by atomic mass is 10.0. The highest BCUT2D eigenvalue weighted by atomic mass is 35.5. The molecule has 1 saturated carbocycles. The lowest BCUT2D eigenvalue weighted by Gasteiger charge is -2.26. The summed E-state index contributed by atoms with van der Waals surface area (Å²) in [6.07, 6.45) is 0.804. The van der Waals surface area contributed by atoms with E-state index in [1.807, 2.05) is 49.5 Å². The molecule has 0 bridgehead atoms. The van der Waals surface area contributed by atoms with Gasteiger partial charge in [-0.3, -0.25) is 10.3 Å². The maximum atomic E-state index is 6.36. The number of hydrogen-bond acceptors (Lipinski definition) is 4. The molecular formula is C19H18Cl2N2O2. The third-order valence-electron chi connectivity index (χ3n) is 4.53. The number of fused-ring (bicyclic) bond motifs is 2. The van der Waals surface area contributed by atoms with Gasteiger partial charge in [0.25, 0.3) is 0 Å². The molecule has 4 rings (SSSR count). The number of rotatable bonds is 6. The van der Waals surface area contributed by atoms with Gasteiger partial charge in [-0.15, -0.1) is 0 Å². The van der Waals surface area contributed by atoms with Gasteiger partial charge >= 0.3 is 0 Å². The van der Waals surface area contributed by atoms with E-state index in [0.717, 1.165) is 35.5 Å². The minimum atomic E-state index is -0.461. The number of ether oxygens (including phenoxy) is 1. The van der Waals surface area contributed by atoms with Gasteiger partial charge in [0.15, 0.2) is 5.60 Å². The van der Waals surface area contributed by atoms with Crippen LogP contribution in [0.4, 0.5) is 0 Å². The molecule has 2 aliphatic rings. The molecule has 2 aromatic rings. The van der Waals surface area contributed by atoms with Crippen molar-refractivity contribution in [2.24, 2.45) is 0 Å². The second kappa shape index (κ2) is 6.54. The van der Waals surface area contributed by atoms with Crippen molar-refractivity contribution in [3.8, 4) is 5.75 Å². The van der Waals surface area contributed by atoms with Crippen molar-refractivity contribution in [2.75, 3.05) is 20.2 Å². The molecule has 130 valence electrons. The summed E-state index contributed by atoms with van der Waals surface area (Å²) in [5.41, 5.74) is 6.84. The Bertz CT molecular complexity index is 836. The van der Waals surface area contributed by atoms with E-state index >= 15 is 0 Å². The molecule has 1 fully saturated rings. The lowest BCUT2D eigenvalue weighted by Crippen LogP contribution is -2.26. The summed E-state index contributed by atoms with van der Waals surface area (Å²) in [5.74, 6) is 0.753. The van der Waals surface area contributed by atoms with Crippen molar-refractivity contribution >= 4 is 28.9 Å². The fourth-order valence-electron chi connectivity index (χ4n) is 3.18. The summed E-state index contributed by atoms with van der Waals surface area (Å²) in [6.45, 7) is 1.33. The normalized spacial score (nSPS) is 20.6. The highest BCUT2D eigenvalue weighted by molar-refractivity contribution is 6.31. The van der Waals surface area contributed by atoms with Crippen molar-refractivity contribution < 1.29 is 9.57 Å². The summed E-state index contributed by atoms with van der Waals surface area (Å²) in [4.78, 5) is 5.62. The maximum absolute atomic E-state index is 6.36. The van der Waals surface area contributed by atoms with Gasteiger partial charge in [-0.05, 0) is 37.4 Å². The second-order valence-corrected chi connectivity index (χ2v) is 7.03. The highest BCUT2D eigenvalue weighted by Gasteiger charge is 2.58. The first-order valence-electron chi connectivity index (χ1n) is 8.15. The Balaban J connectivity index is 1.71. The van der Waals surface area contributed by atoms with Gasteiger partial charge in [0, 0.05) is 39.7 Å². The number of halogens is 2. The topological polar surface area (TPSA) is 42.5 Å². The Morgan fingerprint density at radius 2 is 1.88 bits per heavy atom.